The van der Waals surface area contributed by atoms with Gasteiger partial charge in [0.1, 0.15) is 6.29 Å². The zero-order chi connectivity index (χ0) is 16.4. The fraction of sp³-hybridized carbons (Fsp3) is 0.588. The van der Waals surface area contributed by atoms with Crippen LogP contribution >= 0.6 is 25.3 Å². The second kappa shape index (κ2) is 11.1. The maximum atomic E-state index is 11.1. The van der Waals surface area contributed by atoms with E-state index >= 15 is 0 Å². The van der Waals surface area contributed by atoms with Crippen molar-refractivity contribution >= 4 is 31.5 Å². The van der Waals surface area contributed by atoms with Gasteiger partial charge >= 0.3 is 0 Å². The Labute approximate surface area is 144 Å². The number of carbonyl (C=O) groups is 1. The lowest BCUT2D eigenvalue weighted by molar-refractivity contribution is 0.112. The highest BCUT2D eigenvalue weighted by Gasteiger charge is 2.05. The van der Waals surface area contributed by atoms with Gasteiger partial charge in [0.2, 0.25) is 0 Å². The third kappa shape index (κ3) is 7.68. The molecule has 1 aromatic rings. The van der Waals surface area contributed by atoms with Gasteiger partial charge in [-0.3, -0.25) is 4.79 Å². The first-order valence-electron chi connectivity index (χ1n) is 7.58. The summed E-state index contributed by atoms with van der Waals surface area (Å²) in [6.07, 6.45) is 6.56. The molecule has 1 rings (SSSR count). The highest BCUT2D eigenvalue weighted by molar-refractivity contribution is 7.80. The van der Waals surface area contributed by atoms with Gasteiger partial charge in [-0.2, -0.15) is 0 Å². The Morgan fingerprint density at radius 3 is 1.77 bits per heavy atom. The molecule has 22 heavy (non-hydrogen) atoms. The summed E-state index contributed by atoms with van der Waals surface area (Å²) in [7, 11) is 3.33. The summed E-state index contributed by atoms with van der Waals surface area (Å²) in [4.78, 5) is 11.1. The fourth-order valence-corrected chi connectivity index (χ4v) is 2.71. The number of benzene rings is 1. The molecule has 0 aliphatic carbocycles. The lowest BCUT2D eigenvalue weighted by Gasteiger charge is -2.11. The van der Waals surface area contributed by atoms with Crippen molar-refractivity contribution in [2.24, 2.45) is 0 Å². The normalized spacial score (nSPS) is 13.8. The first-order valence-corrected chi connectivity index (χ1v) is 8.62. The second-order valence-corrected chi connectivity index (χ2v) is 6.52. The number of hydrogen-bond donors (Lipinski definition) is 2. The summed E-state index contributed by atoms with van der Waals surface area (Å²) in [6, 6.07) is 6.12. The predicted octanol–water partition coefficient (Wildman–Crippen LogP) is 3.95. The van der Waals surface area contributed by atoms with Crippen LogP contribution < -0.4 is 0 Å². The molecule has 3 nitrogen and oxygen atoms in total. The highest BCUT2D eigenvalue weighted by atomic mass is 32.1. The smallest absolute Gasteiger partial charge is 0.150 e. The molecule has 124 valence electrons. The van der Waals surface area contributed by atoms with E-state index in [9.17, 15) is 4.79 Å². The van der Waals surface area contributed by atoms with Crippen molar-refractivity contribution in [3.05, 3.63) is 34.9 Å². The van der Waals surface area contributed by atoms with Gasteiger partial charge in [-0.05, 0) is 61.8 Å². The zero-order valence-electron chi connectivity index (χ0n) is 13.3. The molecule has 2 unspecified atom stereocenters. The molecule has 0 spiro atoms. The number of hydrogen-bond acceptors (Lipinski definition) is 5. The molecule has 0 N–H and O–H groups in total. The van der Waals surface area contributed by atoms with Gasteiger partial charge in [0.05, 0.1) is 10.9 Å². The largest absolute Gasteiger partial charge is 0.371 e. The molecule has 0 bridgehead atoms. The van der Waals surface area contributed by atoms with Gasteiger partial charge in [-0.1, -0.05) is 6.07 Å². The standard InChI is InChI=1S/C17H26O3S2/c1-19-16(21)7-3-5-13-9-14(11-15(10-13)12-18)6-4-8-17(22)20-2/h9-12,16-17,21-22H,3-8H2,1-2H3. The van der Waals surface area contributed by atoms with Crippen LogP contribution in [0.5, 0.6) is 0 Å². The number of carbonyl (C=O) groups excluding carboxylic acids is 1. The van der Waals surface area contributed by atoms with Crippen LogP contribution in [0.2, 0.25) is 0 Å². The van der Waals surface area contributed by atoms with Crippen LogP contribution in [-0.2, 0) is 22.3 Å². The van der Waals surface area contributed by atoms with E-state index in [1.165, 1.54) is 11.1 Å². The van der Waals surface area contributed by atoms with E-state index in [1.54, 1.807) is 14.2 Å². The number of methoxy groups -OCH3 is 2. The number of aryl methyl sites for hydroxylation is 2. The van der Waals surface area contributed by atoms with Gasteiger partial charge in [0.25, 0.3) is 0 Å². The van der Waals surface area contributed by atoms with E-state index in [4.69, 9.17) is 9.47 Å². The fourth-order valence-electron chi connectivity index (χ4n) is 2.35. The van der Waals surface area contributed by atoms with Crippen LogP contribution in [0, 0.1) is 0 Å². The monoisotopic (exact) mass is 342 g/mol. The third-order valence-electron chi connectivity index (χ3n) is 3.59. The van der Waals surface area contributed by atoms with E-state index in [2.05, 4.69) is 31.3 Å². The number of thiol groups is 2. The first kappa shape index (κ1) is 19.6. The summed E-state index contributed by atoms with van der Waals surface area (Å²) in [5.74, 6) is 0. The number of ether oxygens (including phenoxy) is 2. The molecule has 0 fully saturated rings. The van der Waals surface area contributed by atoms with Gasteiger partial charge < -0.3 is 9.47 Å². The number of aldehydes is 1. The average molecular weight is 343 g/mol. The molecule has 5 heteroatoms. The summed E-state index contributed by atoms with van der Waals surface area (Å²) in [5.41, 5.74) is 3.11. The molecule has 0 saturated heterocycles. The van der Waals surface area contributed by atoms with Crippen LogP contribution in [0.1, 0.15) is 47.2 Å². The van der Waals surface area contributed by atoms with Crippen LogP contribution in [0.4, 0.5) is 0 Å². The van der Waals surface area contributed by atoms with Crippen molar-refractivity contribution in [3.8, 4) is 0 Å². The van der Waals surface area contributed by atoms with Gasteiger partial charge in [-0.15, -0.1) is 25.3 Å². The average Bonchev–Trinajstić information content (AvgIpc) is 2.54. The summed E-state index contributed by atoms with van der Waals surface area (Å²) >= 11 is 8.62. The topological polar surface area (TPSA) is 35.5 Å². The van der Waals surface area contributed by atoms with Crippen molar-refractivity contribution in [1.29, 1.82) is 0 Å². The predicted molar refractivity (Wildman–Crippen MR) is 97.3 cm³/mol. The van der Waals surface area contributed by atoms with Gasteiger partial charge in [0, 0.05) is 19.8 Å². The van der Waals surface area contributed by atoms with Crippen LogP contribution in [-0.4, -0.2) is 31.4 Å². The highest BCUT2D eigenvalue weighted by Crippen LogP contribution is 2.17. The molecule has 0 heterocycles. The molecule has 0 aliphatic rings. The third-order valence-corrected chi connectivity index (χ3v) is 4.53. The molecule has 0 radical (unpaired) electrons. The maximum Gasteiger partial charge on any atom is 0.150 e. The van der Waals surface area contributed by atoms with Crippen molar-refractivity contribution in [2.75, 3.05) is 14.2 Å². The molecule has 2 atom stereocenters. The minimum Gasteiger partial charge on any atom is -0.371 e. The molecule has 1 aromatic carbocycles. The molecule has 0 amide bonds. The Kier molecular flexibility index (Phi) is 9.87. The molecular weight excluding hydrogens is 316 g/mol. The van der Waals surface area contributed by atoms with Crippen LogP contribution in [0.3, 0.4) is 0 Å². The zero-order valence-corrected chi connectivity index (χ0v) is 15.1. The Morgan fingerprint density at radius 2 is 1.41 bits per heavy atom. The lowest BCUT2D eigenvalue weighted by atomic mass is 9.99. The van der Waals surface area contributed by atoms with Crippen molar-refractivity contribution in [3.63, 3.8) is 0 Å². The van der Waals surface area contributed by atoms with Crippen LogP contribution in [0.25, 0.3) is 0 Å². The quantitative estimate of drug-likeness (QED) is 0.363. The maximum absolute atomic E-state index is 11.1. The Bertz CT molecular complexity index is 417. The summed E-state index contributed by atoms with van der Waals surface area (Å²) in [5, 5.41) is 0. The number of rotatable bonds is 11. The Morgan fingerprint density at radius 1 is 0.955 bits per heavy atom. The molecule has 0 saturated carbocycles. The molecule has 0 aromatic heterocycles. The minimum atomic E-state index is -0.0184. The van der Waals surface area contributed by atoms with Crippen molar-refractivity contribution < 1.29 is 14.3 Å². The van der Waals surface area contributed by atoms with Crippen molar-refractivity contribution in [1.82, 2.24) is 0 Å². The van der Waals surface area contributed by atoms with E-state index in [1.807, 2.05) is 12.1 Å². The first-order chi connectivity index (χ1) is 10.6. The van der Waals surface area contributed by atoms with Crippen molar-refractivity contribution in [2.45, 2.75) is 49.4 Å². The van der Waals surface area contributed by atoms with E-state index in [0.29, 0.717) is 0 Å². The van der Waals surface area contributed by atoms with Gasteiger partial charge in [0.15, 0.2) is 0 Å². The van der Waals surface area contributed by atoms with Crippen LogP contribution in [0.15, 0.2) is 18.2 Å². The SMILES string of the molecule is COC(S)CCCc1cc(C=O)cc(CCCC(S)OC)c1. The summed E-state index contributed by atoms with van der Waals surface area (Å²) in [6.45, 7) is 0. The molecular formula is C17H26O3S2. The van der Waals surface area contributed by atoms with E-state index in [-0.39, 0.29) is 10.9 Å². The Balaban J connectivity index is 2.58. The Hall–Kier alpha value is -0.490. The lowest BCUT2D eigenvalue weighted by Crippen LogP contribution is -2.03. The minimum absolute atomic E-state index is 0.0184. The second-order valence-electron chi connectivity index (χ2n) is 5.37. The molecule has 0 aliphatic heterocycles. The summed E-state index contributed by atoms with van der Waals surface area (Å²) < 4.78 is 10.3. The van der Waals surface area contributed by atoms with E-state index < -0.39 is 0 Å². The van der Waals surface area contributed by atoms with Gasteiger partial charge in [-0.25, -0.2) is 0 Å². The van der Waals surface area contributed by atoms with E-state index in [0.717, 1.165) is 50.4 Å².